The Labute approximate surface area is 189 Å². The molecule has 2 fully saturated rings. The van der Waals surface area contributed by atoms with Gasteiger partial charge in [0.25, 0.3) is 5.91 Å². The number of rotatable bonds is 6. The van der Waals surface area contributed by atoms with Crippen molar-refractivity contribution in [2.75, 3.05) is 30.4 Å². The van der Waals surface area contributed by atoms with Crippen LogP contribution in [0.15, 0.2) is 60.7 Å². The van der Waals surface area contributed by atoms with Crippen LogP contribution in [0.3, 0.4) is 0 Å². The number of benzene rings is 3. The van der Waals surface area contributed by atoms with E-state index in [1.807, 2.05) is 49.5 Å². The fourth-order valence-corrected chi connectivity index (χ4v) is 4.54. The van der Waals surface area contributed by atoms with Crippen LogP contribution in [0.2, 0.25) is 0 Å². The van der Waals surface area contributed by atoms with Crippen LogP contribution in [-0.2, 0) is 11.3 Å². The van der Waals surface area contributed by atoms with Gasteiger partial charge in [0.05, 0.1) is 11.3 Å². The highest BCUT2D eigenvalue weighted by atomic mass is 16.2. The number of carbonyl (C=O) groups excluding carboxylic acids is 2. The summed E-state index contributed by atoms with van der Waals surface area (Å²) in [6.45, 7) is 2.65. The highest BCUT2D eigenvalue weighted by Crippen LogP contribution is 2.32. The average Bonchev–Trinajstić information content (AvgIpc) is 3.53. The Kier molecular flexibility index (Phi) is 5.56. The number of nitrogens with one attached hydrogen (secondary N) is 1. The zero-order valence-electron chi connectivity index (χ0n) is 18.5. The molecule has 5 nitrogen and oxygen atoms in total. The molecule has 0 unspecified atom stereocenters. The smallest absolute Gasteiger partial charge is 0.256 e. The van der Waals surface area contributed by atoms with Gasteiger partial charge in [-0.3, -0.25) is 9.59 Å². The molecule has 1 N–H and O–H groups in total. The summed E-state index contributed by atoms with van der Waals surface area (Å²) in [6, 6.07) is 20.1. The normalized spacial score (nSPS) is 15.7. The number of hydrogen-bond acceptors (Lipinski definition) is 3. The predicted octanol–water partition coefficient (Wildman–Crippen LogP) is 5.06. The number of carbonyl (C=O) groups is 2. The molecule has 0 aromatic heterocycles. The van der Waals surface area contributed by atoms with E-state index in [4.69, 9.17) is 0 Å². The van der Waals surface area contributed by atoms with Crippen molar-refractivity contribution < 1.29 is 9.59 Å². The summed E-state index contributed by atoms with van der Waals surface area (Å²) >= 11 is 0. The van der Waals surface area contributed by atoms with Crippen molar-refractivity contribution in [2.24, 2.45) is 5.92 Å². The first-order valence-corrected chi connectivity index (χ1v) is 11.5. The van der Waals surface area contributed by atoms with Gasteiger partial charge < -0.3 is 15.1 Å². The number of nitrogens with zero attached hydrogens (tertiary/aromatic N) is 2. The van der Waals surface area contributed by atoms with E-state index in [2.05, 4.69) is 28.4 Å². The van der Waals surface area contributed by atoms with Crippen molar-refractivity contribution in [3.8, 4) is 0 Å². The maximum absolute atomic E-state index is 13.6. The number of fused-ring (bicyclic) bond motifs is 1. The lowest BCUT2D eigenvalue weighted by Gasteiger charge is -2.25. The van der Waals surface area contributed by atoms with E-state index >= 15 is 0 Å². The standard InChI is InChI=1S/C27H29N3O2/c1-29(18-22-10-4-5-11-25(22)30-14-6-7-15-30)27(32)23-16-20-8-2-3-9-21(20)17-24(23)28-26(31)19-12-13-19/h2-5,8-11,16-17,19H,6-7,12-15,18H2,1H3,(H,28,31). The molecule has 5 rings (SSSR count). The summed E-state index contributed by atoms with van der Waals surface area (Å²) in [4.78, 5) is 30.2. The molecule has 164 valence electrons. The summed E-state index contributed by atoms with van der Waals surface area (Å²) in [5.41, 5.74) is 3.50. The van der Waals surface area contributed by atoms with Crippen molar-refractivity contribution in [1.29, 1.82) is 0 Å². The van der Waals surface area contributed by atoms with Crippen molar-refractivity contribution in [2.45, 2.75) is 32.2 Å². The van der Waals surface area contributed by atoms with Gasteiger partial charge in [-0.2, -0.15) is 0 Å². The molecule has 3 aromatic rings. The third-order valence-electron chi connectivity index (χ3n) is 6.51. The Morgan fingerprint density at radius 3 is 2.34 bits per heavy atom. The van der Waals surface area contributed by atoms with E-state index in [9.17, 15) is 9.59 Å². The summed E-state index contributed by atoms with van der Waals surface area (Å²) < 4.78 is 0. The second-order valence-corrected chi connectivity index (χ2v) is 8.99. The van der Waals surface area contributed by atoms with E-state index in [0.717, 1.165) is 42.3 Å². The molecule has 5 heteroatoms. The van der Waals surface area contributed by atoms with Crippen LogP contribution in [0.1, 0.15) is 41.6 Å². The topological polar surface area (TPSA) is 52.6 Å². The number of para-hydroxylation sites is 1. The van der Waals surface area contributed by atoms with E-state index in [1.54, 1.807) is 4.90 Å². The van der Waals surface area contributed by atoms with Gasteiger partial charge in [-0.1, -0.05) is 42.5 Å². The lowest BCUT2D eigenvalue weighted by molar-refractivity contribution is -0.117. The molecule has 0 spiro atoms. The summed E-state index contributed by atoms with van der Waals surface area (Å²) in [6.07, 6.45) is 4.28. The van der Waals surface area contributed by atoms with Crippen molar-refractivity contribution in [3.05, 3.63) is 71.8 Å². The molecule has 32 heavy (non-hydrogen) atoms. The van der Waals surface area contributed by atoms with Gasteiger partial charge in [-0.15, -0.1) is 0 Å². The first-order chi connectivity index (χ1) is 15.6. The minimum Gasteiger partial charge on any atom is -0.371 e. The van der Waals surface area contributed by atoms with E-state index < -0.39 is 0 Å². The van der Waals surface area contributed by atoms with Crippen molar-refractivity contribution >= 4 is 34.0 Å². The minimum atomic E-state index is -0.0851. The predicted molar refractivity (Wildman–Crippen MR) is 129 cm³/mol. The monoisotopic (exact) mass is 427 g/mol. The van der Waals surface area contributed by atoms with Crippen LogP contribution < -0.4 is 10.2 Å². The summed E-state index contributed by atoms with van der Waals surface area (Å²) in [7, 11) is 1.84. The zero-order valence-corrected chi connectivity index (χ0v) is 18.5. The molecule has 0 radical (unpaired) electrons. The van der Waals surface area contributed by atoms with Gasteiger partial charge in [-0.25, -0.2) is 0 Å². The van der Waals surface area contributed by atoms with Crippen LogP contribution in [0.25, 0.3) is 10.8 Å². The number of anilines is 2. The highest BCUT2D eigenvalue weighted by molar-refractivity contribution is 6.08. The molecule has 0 bridgehead atoms. The Hall–Kier alpha value is -3.34. The van der Waals surface area contributed by atoms with Crippen LogP contribution in [0, 0.1) is 5.92 Å². The lowest BCUT2D eigenvalue weighted by atomic mass is 10.0. The molecule has 1 aliphatic carbocycles. The molecule has 1 heterocycles. The first-order valence-electron chi connectivity index (χ1n) is 11.5. The van der Waals surface area contributed by atoms with Gasteiger partial charge in [0.1, 0.15) is 0 Å². The molecule has 1 saturated carbocycles. The zero-order chi connectivity index (χ0) is 22.1. The van der Waals surface area contributed by atoms with E-state index in [1.165, 1.54) is 18.5 Å². The molecule has 2 amide bonds. The number of amides is 2. The fourth-order valence-electron chi connectivity index (χ4n) is 4.54. The van der Waals surface area contributed by atoms with Gasteiger partial charge in [0, 0.05) is 38.3 Å². The molecule has 0 atom stereocenters. The average molecular weight is 428 g/mol. The van der Waals surface area contributed by atoms with Crippen LogP contribution in [0.4, 0.5) is 11.4 Å². The Bertz CT molecular complexity index is 1160. The third-order valence-corrected chi connectivity index (χ3v) is 6.51. The fraction of sp³-hybridized carbons (Fsp3) is 0.333. The first kappa shape index (κ1) is 20.6. The van der Waals surface area contributed by atoms with Crippen LogP contribution in [0.5, 0.6) is 0 Å². The minimum absolute atomic E-state index is 0.0105. The molecule has 1 saturated heterocycles. The van der Waals surface area contributed by atoms with E-state index in [-0.39, 0.29) is 17.7 Å². The molecule has 3 aromatic carbocycles. The van der Waals surface area contributed by atoms with Crippen molar-refractivity contribution in [3.63, 3.8) is 0 Å². The van der Waals surface area contributed by atoms with Gasteiger partial charge in [0.2, 0.25) is 5.91 Å². The van der Waals surface area contributed by atoms with Crippen LogP contribution >= 0.6 is 0 Å². The van der Waals surface area contributed by atoms with Crippen molar-refractivity contribution in [1.82, 2.24) is 4.90 Å². The van der Waals surface area contributed by atoms with Gasteiger partial charge in [-0.05, 0) is 60.2 Å². The molecular weight excluding hydrogens is 398 g/mol. The van der Waals surface area contributed by atoms with Gasteiger partial charge >= 0.3 is 0 Å². The SMILES string of the molecule is CN(Cc1ccccc1N1CCCC1)C(=O)c1cc2ccccc2cc1NC(=O)C1CC1. The quantitative estimate of drug-likeness (QED) is 0.598. The summed E-state index contributed by atoms with van der Waals surface area (Å²) in [5.74, 6) is 0.00364. The maximum atomic E-state index is 13.6. The lowest BCUT2D eigenvalue weighted by Crippen LogP contribution is -2.29. The largest absolute Gasteiger partial charge is 0.371 e. The van der Waals surface area contributed by atoms with Crippen LogP contribution in [-0.4, -0.2) is 36.9 Å². The summed E-state index contributed by atoms with van der Waals surface area (Å²) in [5, 5.41) is 5.03. The highest BCUT2D eigenvalue weighted by Gasteiger charge is 2.30. The Morgan fingerprint density at radius 1 is 0.969 bits per heavy atom. The Morgan fingerprint density at radius 2 is 1.62 bits per heavy atom. The Balaban J connectivity index is 1.44. The molecule has 2 aliphatic rings. The van der Waals surface area contributed by atoms with E-state index in [0.29, 0.717) is 17.8 Å². The maximum Gasteiger partial charge on any atom is 0.256 e. The molecular formula is C27H29N3O2. The molecule has 1 aliphatic heterocycles. The third kappa shape index (κ3) is 4.20. The second kappa shape index (κ2) is 8.65. The second-order valence-electron chi connectivity index (χ2n) is 8.99. The number of hydrogen-bond donors (Lipinski definition) is 1. The van der Waals surface area contributed by atoms with Gasteiger partial charge in [0.15, 0.2) is 0 Å².